The lowest BCUT2D eigenvalue weighted by Gasteiger charge is -2.07. The Labute approximate surface area is 156 Å². The predicted molar refractivity (Wildman–Crippen MR) is 95.3 cm³/mol. The largest absolute Gasteiger partial charge is 0.508 e. The van der Waals surface area contributed by atoms with Crippen molar-refractivity contribution in [1.82, 2.24) is 0 Å². The minimum absolute atomic E-state index is 0.0633. The molecule has 7 heteroatoms. The van der Waals surface area contributed by atoms with Crippen molar-refractivity contribution in [3.63, 3.8) is 0 Å². The topological polar surface area (TPSA) is 99.1 Å². The molecule has 0 saturated heterocycles. The first-order valence-electron chi connectivity index (χ1n) is 8.34. The third-order valence-corrected chi connectivity index (χ3v) is 3.46. The van der Waals surface area contributed by atoms with Gasteiger partial charge in [-0.1, -0.05) is 42.5 Å². The number of rotatable bonds is 10. The van der Waals surface area contributed by atoms with Gasteiger partial charge in [0, 0.05) is 5.56 Å². The van der Waals surface area contributed by atoms with Crippen molar-refractivity contribution in [3.05, 3.63) is 65.7 Å². The Kier molecular flexibility index (Phi) is 7.99. The number of carbonyl (C=O) groups excluding carboxylic acids is 3. The van der Waals surface area contributed by atoms with Gasteiger partial charge in [-0.25, -0.2) is 4.79 Å². The van der Waals surface area contributed by atoms with Crippen LogP contribution >= 0.6 is 0 Å². The first kappa shape index (κ1) is 20.1. The maximum atomic E-state index is 11.8. The molecule has 0 fully saturated rings. The standard InChI is InChI=1S/C20H20O7/c21-17-8-6-15(7-9-17)14-18(22)26-12-10-25-11-13-27-20(24)19(23)16-4-2-1-3-5-16/h1-9,21H,10-14H2. The fourth-order valence-corrected chi connectivity index (χ4v) is 2.11. The molecule has 0 unspecified atom stereocenters. The van der Waals surface area contributed by atoms with E-state index < -0.39 is 17.7 Å². The second-order valence-corrected chi connectivity index (χ2v) is 5.51. The first-order chi connectivity index (χ1) is 13.1. The lowest BCUT2D eigenvalue weighted by molar-refractivity contribution is -0.144. The summed E-state index contributed by atoms with van der Waals surface area (Å²) in [6.45, 7) is 0.224. The van der Waals surface area contributed by atoms with Gasteiger partial charge in [-0.15, -0.1) is 0 Å². The number of hydrogen-bond donors (Lipinski definition) is 1. The van der Waals surface area contributed by atoms with Crippen LogP contribution in [0.4, 0.5) is 0 Å². The SMILES string of the molecule is O=C(Cc1ccc(O)cc1)OCCOCCOC(=O)C(=O)c1ccccc1. The molecule has 0 saturated carbocycles. The molecule has 2 aromatic carbocycles. The molecular weight excluding hydrogens is 352 g/mol. The van der Waals surface area contributed by atoms with E-state index in [0.29, 0.717) is 0 Å². The van der Waals surface area contributed by atoms with Crippen molar-refractivity contribution >= 4 is 17.7 Å². The van der Waals surface area contributed by atoms with Crippen molar-refractivity contribution in [2.75, 3.05) is 26.4 Å². The molecule has 0 aromatic heterocycles. The van der Waals surface area contributed by atoms with Crippen molar-refractivity contribution in [3.8, 4) is 5.75 Å². The maximum Gasteiger partial charge on any atom is 0.379 e. The monoisotopic (exact) mass is 372 g/mol. The summed E-state index contributed by atoms with van der Waals surface area (Å²) in [5.74, 6) is -1.93. The molecule has 0 spiro atoms. The van der Waals surface area contributed by atoms with Crippen molar-refractivity contribution in [1.29, 1.82) is 0 Å². The molecule has 1 N–H and O–H groups in total. The first-order valence-corrected chi connectivity index (χ1v) is 8.34. The number of esters is 2. The Bertz CT molecular complexity index is 754. The van der Waals surface area contributed by atoms with Gasteiger partial charge in [0.25, 0.3) is 5.78 Å². The molecule has 0 aliphatic heterocycles. The lowest BCUT2D eigenvalue weighted by atomic mass is 10.1. The summed E-state index contributed by atoms with van der Waals surface area (Å²) in [6.07, 6.45) is 0.0967. The van der Waals surface area contributed by atoms with E-state index >= 15 is 0 Å². The Morgan fingerprint density at radius 1 is 0.778 bits per heavy atom. The van der Waals surface area contributed by atoms with Crippen LogP contribution in [0.3, 0.4) is 0 Å². The van der Waals surface area contributed by atoms with Gasteiger partial charge < -0.3 is 19.3 Å². The molecule has 0 amide bonds. The molecule has 0 radical (unpaired) electrons. The van der Waals surface area contributed by atoms with E-state index in [1.165, 1.54) is 24.3 Å². The Morgan fingerprint density at radius 2 is 1.41 bits per heavy atom. The number of aromatic hydroxyl groups is 1. The summed E-state index contributed by atoms with van der Waals surface area (Å²) in [6, 6.07) is 14.4. The van der Waals surface area contributed by atoms with E-state index in [4.69, 9.17) is 14.2 Å². The van der Waals surface area contributed by atoms with Crippen molar-refractivity contribution < 1.29 is 33.7 Å². The van der Waals surface area contributed by atoms with E-state index in [0.717, 1.165) is 5.56 Å². The number of phenolic OH excluding ortho intramolecular Hbond substituents is 1. The van der Waals surface area contributed by atoms with Gasteiger partial charge in [0.1, 0.15) is 19.0 Å². The molecule has 0 heterocycles. The van der Waals surface area contributed by atoms with Crippen molar-refractivity contribution in [2.45, 2.75) is 6.42 Å². The number of Topliss-reactive ketones (excluding diaryl/α,β-unsaturated/α-hetero) is 1. The summed E-state index contributed by atoms with van der Waals surface area (Å²) >= 11 is 0. The smallest absolute Gasteiger partial charge is 0.379 e. The van der Waals surface area contributed by atoms with Gasteiger partial charge in [-0.05, 0) is 17.7 Å². The van der Waals surface area contributed by atoms with Gasteiger partial charge in [0.05, 0.1) is 19.6 Å². The molecule has 27 heavy (non-hydrogen) atoms. The second kappa shape index (κ2) is 10.7. The van der Waals surface area contributed by atoms with Gasteiger partial charge in [0.2, 0.25) is 0 Å². The molecule has 7 nitrogen and oxygen atoms in total. The van der Waals surface area contributed by atoms with Crippen LogP contribution in [0.2, 0.25) is 0 Å². The van der Waals surface area contributed by atoms with Crippen molar-refractivity contribution in [2.24, 2.45) is 0 Å². The van der Waals surface area contributed by atoms with Crippen LogP contribution in [0, 0.1) is 0 Å². The molecule has 0 aliphatic rings. The third-order valence-electron chi connectivity index (χ3n) is 3.46. The molecule has 0 aliphatic carbocycles. The molecule has 0 atom stereocenters. The summed E-state index contributed by atoms with van der Waals surface area (Å²) in [7, 11) is 0. The lowest BCUT2D eigenvalue weighted by Crippen LogP contribution is -2.20. The zero-order valence-electron chi connectivity index (χ0n) is 14.6. The molecule has 2 aromatic rings. The fraction of sp³-hybridized carbons (Fsp3) is 0.250. The number of hydrogen-bond acceptors (Lipinski definition) is 7. The number of phenols is 1. The molecule has 142 valence electrons. The van der Waals surface area contributed by atoms with Crippen LogP contribution in [0.5, 0.6) is 5.75 Å². The number of ketones is 1. The second-order valence-electron chi connectivity index (χ2n) is 5.51. The van der Waals surface area contributed by atoms with Gasteiger partial charge in [0.15, 0.2) is 0 Å². The quantitative estimate of drug-likeness (QED) is 0.294. The zero-order valence-corrected chi connectivity index (χ0v) is 14.6. The molecular formula is C20H20O7. The summed E-state index contributed by atoms with van der Waals surface area (Å²) in [5, 5.41) is 9.17. The predicted octanol–water partition coefficient (Wildman–Crippen LogP) is 1.92. The molecule has 2 rings (SSSR count). The number of benzene rings is 2. The highest BCUT2D eigenvalue weighted by atomic mass is 16.6. The van der Waals surface area contributed by atoms with E-state index in [9.17, 15) is 19.5 Å². The average Bonchev–Trinajstić information content (AvgIpc) is 2.69. The van der Waals surface area contributed by atoms with Crippen LogP contribution in [-0.2, 0) is 30.2 Å². The van der Waals surface area contributed by atoms with Crippen LogP contribution in [-0.4, -0.2) is 49.3 Å². The van der Waals surface area contributed by atoms with E-state index in [-0.39, 0.29) is 44.2 Å². The fourth-order valence-electron chi connectivity index (χ4n) is 2.11. The Balaban J connectivity index is 1.53. The van der Waals surface area contributed by atoms with Crippen LogP contribution in [0.25, 0.3) is 0 Å². The normalized spacial score (nSPS) is 10.2. The Hall–Kier alpha value is -3.19. The minimum atomic E-state index is -0.940. The van der Waals surface area contributed by atoms with Gasteiger partial charge >= 0.3 is 11.9 Å². The zero-order chi connectivity index (χ0) is 19.5. The summed E-state index contributed by atoms with van der Waals surface area (Å²) < 4.78 is 15.0. The van der Waals surface area contributed by atoms with E-state index in [1.807, 2.05) is 0 Å². The van der Waals surface area contributed by atoms with E-state index in [1.54, 1.807) is 30.3 Å². The highest BCUT2D eigenvalue weighted by Crippen LogP contribution is 2.10. The number of ether oxygens (including phenoxy) is 3. The highest BCUT2D eigenvalue weighted by molar-refractivity contribution is 6.40. The summed E-state index contributed by atoms with van der Waals surface area (Å²) in [4.78, 5) is 35.0. The van der Waals surface area contributed by atoms with Gasteiger partial charge in [-0.3, -0.25) is 9.59 Å². The van der Waals surface area contributed by atoms with Crippen LogP contribution in [0.15, 0.2) is 54.6 Å². The van der Waals surface area contributed by atoms with Crippen LogP contribution < -0.4 is 0 Å². The Morgan fingerprint density at radius 3 is 2.07 bits per heavy atom. The third kappa shape index (κ3) is 7.29. The van der Waals surface area contributed by atoms with E-state index in [2.05, 4.69) is 0 Å². The minimum Gasteiger partial charge on any atom is -0.508 e. The maximum absolute atomic E-state index is 11.8. The van der Waals surface area contributed by atoms with Gasteiger partial charge in [-0.2, -0.15) is 0 Å². The highest BCUT2D eigenvalue weighted by Gasteiger charge is 2.17. The average molecular weight is 372 g/mol. The number of carbonyl (C=O) groups is 3. The molecule has 0 bridgehead atoms. The van der Waals surface area contributed by atoms with Crippen LogP contribution in [0.1, 0.15) is 15.9 Å². The summed E-state index contributed by atoms with van der Waals surface area (Å²) in [5.41, 5.74) is 0.998.